The molecule has 4 nitrogen and oxygen atoms in total. The zero-order chi connectivity index (χ0) is 19.4. The molecule has 0 aliphatic rings. The summed E-state index contributed by atoms with van der Waals surface area (Å²) in [5.41, 5.74) is -0.197. The van der Waals surface area contributed by atoms with Crippen LogP contribution < -0.4 is 10.1 Å². The van der Waals surface area contributed by atoms with E-state index in [0.29, 0.717) is 5.69 Å². The van der Waals surface area contributed by atoms with Crippen molar-refractivity contribution in [3.8, 4) is 17.0 Å². The van der Waals surface area contributed by atoms with Crippen molar-refractivity contribution in [2.24, 2.45) is 0 Å². The fourth-order valence-electron chi connectivity index (χ4n) is 2.18. The van der Waals surface area contributed by atoms with Gasteiger partial charge in [0.15, 0.2) is 23.3 Å². The molecule has 0 spiro atoms. The Hall–Kier alpha value is -2.94. The Morgan fingerprint density at radius 2 is 1.93 bits per heavy atom. The fourth-order valence-corrected chi connectivity index (χ4v) is 2.91. The first kappa shape index (κ1) is 18.8. The lowest BCUT2D eigenvalue weighted by Gasteiger charge is -2.07. The summed E-state index contributed by atoms with van der Waals surface area (Å²) >= 11 is 1.06. The van der Waals surface area contributed by atoms with Crippen molar-refractivity contribution < 1.29 is 27.1 Å². The number of nitrogens with zero attached hydrogens (tertiary/aromatic N) is 1. The average molecular weight is 396 g/mol. The number of halogens is 4. The highest BCUT2D eigenvalue weighted by molar-refractivity contribution is 7.14. The van der Waals surface area contributed by atoms with E-state index in [1.165, 1.54) is 35.7 Å². The van der Waals surface area contributed by atoms with Crippen LogP contribution in [0.2, 0.25) is 0 Å². The molecular formula is C18H12F4N2O2S. The third-order valence-corrected chi connectivity index (χ3v) is 4.19. The molecule has 0 unspecified atom stereocenters. The molecule has 0 aliphatic carbocycles. The van der Waals surface area contributed by atoms with Crippen LogP contribution in [0.25, 0.3) is 11.3 Å². The summed E-state index contributed by atoms with van der Waals surface area (Å²) in [5, 5.41) is 4.19. The van der Waals surface area contributed by atoms with Gasteiger partial charge in [-0.2, -0.15) is 13.2 Å². The third-order valence-electron chi connectivity index (χ3n) is 3.43. The van der Waals surface area contributed by atoms with Crippen molar-refractivity contribution in [1.82, 2.24) is 4.98 Å². The molecule has 2 aromatic carbocycles. The number of carbonyl (C=O) groups excluding carboxylic acids is 1. The molecule has 0 saturated carbocycles. The highest BCUT2D eigenvalue weighted by Crippen LogP contribution is 2.33. The second kappa shape index (κ2) is 7.75. The normalized spacial score (nSPS) is 11.3. The van der Waals surface area contributed by atoms with Gasteiger partial charge in [-0.25, -0.2) is 9.37 Å². The minimum atomic E-state index is -4.45. The summed E-state index contributed by atoms with van der Waals surface area (Å²) in [6, 6.07) is 10.4. The first-order chi connectivity index (χ1) is 12.8. The number of aromatic nitrogens is 1. The van der Waals surface area contributed by atoms with Gasteiger partial charge in [0.25, 0.3) is 5.91 Å². The standard InChI is InChI=1S/C18H12F4N2O2S/c19-13-6-1-2-7-15(13)26-9-16(25)24-17-23-14(10-27-17)11-4-3-5-12(8-11)18(20,21)22/h1-8,10H,9H2,(H,23,24,25). The van der Waals surface area contributed by atoms with Crippen LogP contribution >= 0.6 is 11.3 Å². The molecule has 27 heavy (non-hydrogen) atoms. The van der Waals surface area contributed by atoms with E-state index in [-0.39, 0.29) is 16.4 Å². The smallest absolute Gasteiger partial charge is 0.416 e. The van der Waals surface area contributed by atoms with Crippen LogP contribution in [0.15, 0.2) is 53.9 Å². The van der Waals surface area contributed by atoms with E-state index in [1.54, 1.807) is 6.07 Å². The Bertz CT molecular complexity index is 956. The van der Waals surface area contributed by atoms with Crippen molar-refractivity contribution in [3.63, 3.8) is 0 Å². The van der Waals surface area contributed by atoms with Gasteiger partial charge in [0, 0.05) is 10.9 Å². The lowest BCUT2D eigenvalue weighted by atomic mass is 10.1. The van der Waals surface area contributed by atoms with Gasteiger partial charge in [0.2, 0.25) is 0 Å². The number of alkyl halides is 3. The van der Waals surface area contributed by atoms with Crippen LogP contribution in [0.4, 0.5) is 22.7 Å². The molecule has 1 aromatic heterocycles. The minimum absolute atomic E-state index is 0.0588. The van der Waals surface area contributed by atoms with Crippen molar-refractivity contribution in [2.75, 3.05) is 11.9 Å². The van der Waals surface area contributed by atoms with E-state index in [9.17, 15) is 22.4 Å². The Morgan fingerprint density at radius 1 is 1.15 bits per heavy atom. The molecule has 0 radical (unpaired) electrons. The second-order valence-electron chi connectivity index (χ2n) is 5.38. The highest BCUT2D eigenvalue weighted by atomic mass is 32.1. The Balaban J connectivity index is 1.64. The molecule has 0 aliphatic heterocycles. The monoisotopic (exact) mass is 396 g/mol. The number of anilines is 1. The average Bonchev–Trinajstić information content (AvgIpc) is 3.09. The largest absolute Gasteiger partial charge is 0.481 e. The molecule has 1 amide bonds. The lowest BCUT2D eigenvalue weighted by molar-refractivity contribution is -0.137. The van der Waals surface area contributed by atoms with Crippen LogP contribution in [-0.4, -0.2) is 17.5 Å². The fraction of sp³-hybridized carbons (Fsp3) is 0.111. The topological polar surface area (TPSA) is 51.2 Å². The number of ether oxygens (including phenoxy) is 1. The maximum atomic E-state index is 13.4. The van der Waals surface area contributed by atoms with Gasteiger partial charge in [-0.15, -0.1) is 11.3 Å². The Labute approximate surface area is 155 Å². The molecule has 1 N–H and O–H groups in total. The number of thiazole rings is 1. The summed E-state index contributed by atoms with van der Waals surface area (Å²) in [7, 11) is 0. The Kier molecular flexibility index (Phi) is 5.41. The van der Waals surface area contributed by atoms with Crippen molar-refractivity contribution in [1.29, 1.82) is 0 Å². The first-order valence-corrected chi connectivity index (χ1v) is 8.51. The Morgan fingerprint density at radius 3 is 2.67 bits per heavy atom. The predicted octanol–water partition coefficient (Wildman–Crippen LogP) is 4.99. The van der Waals surface area contributed by atoms with Crippen molar-refractivity contribution in [3.05, 3.63) is 65.3 Å². The quantitative estimate of drug-likeness (QED) is 0.619. The van der Waals surface area contributed by atoms with Gasteiger partial charge in [-0.1, -0.05) is 24.3 Å². The molecule has 9 heteroatoms. The number of carbonyl (C=O) groups is 1. The maximum Gasteiger partial charge on any atom is 0.416 e. The van der Waals surface area contributed by atoms with Crippen molar-refractivity contribution >= 4 is 22.4 Å². The molecule has 1 heterocycles. The lowest BCUT2D eigenvalue weighted by Crippen LogP contribution is -2.20. The number of benzene rings is 2. The number of amides is 1. The number of hydrogen-bond donors (Lipinski definition) is 1. The highest BCUT2D eigenvalue weighted by Gasteiger charge is 2.30. The molecule has 3 aromatic rings. The minimum Gasteiger partial charge on any atom is -0.481 e. The summed E-state index contributed by atoms with van der Waals surface area (Å²) in [6.07, 6.45) is -4.45. The first-order valence-electron chi connectivity index (χ1n) is 7.63. The second-order valence-corrected chi connectivity index (χ2v) is 6.24. The van der Waals surface area contributed by atoms with E-state index in [4.69, 9.17) is 4.74 Å². The van der Waals surface area contributed by atoms with Crippen LogP contribution in [0.1, 0.15) is 5.56 Å². The van der Waals surface area contributed by atoms with Gasteiger partial charge in [-0.05, 0) is 24.3 Å². The molecule has 0 saturated heterocycles. The number of nitrogens with one attached hydrogen (secondary N) is 1. The number of para-hydroxylation sites is 1. The summed E-state index contributed by atoms with van der Waals surface area (Å²) in [4.78, 5) is 16.0. The van der Waals surface area contributed by atoms with Gasteiger partial charge in [-0.3, -0.25) is 10.1 Å². The van der Waals surface area contributed by atoms with Crippen LogP contribution in [0, 0.1) is 5.82 Å². The predicted molar refractivity (Wildman–Crippen MR) is 93.1 cm³/mol. The van der Waals surface area contributed by atoms with E-state index in [0.717, 1.165) is 23.5 Å². The molecule has 0 fully saturated rings. The summed E-state index contributed by atoms with van der Waals surface area (Å²) in [6.45, 7) is -0.431. The zero-order valence-corrected chi connectivity index (χ0v) is 14.4. The van der Waals surface area contributed by atoms with E-state index >= 15 is 0 Å². The maximum absolute atomic E-state index is 13.4. The van der Waals surface area contributed by atoms with Crippen molar-refractivity contribution in [2.45, 2.75) is 6.18 Å². The number of rotatable bonds is 5. The molecule has 3 rings (SSSR count). The molecule has 0 atom stereocenters. The van der Waals surface area contributed by atoms with Gasteiger partial charge < -0.3 is 4.74 Å². The summed E-state index contributed by atoms with van der Waals surface area (Å²) < 4.78 is 56.9. The third kappa shape index (κ3) is 4.82. The molecular weight excluding hydrogens is 384 g/mol. The van der Waals surface area contributed by atoms with Gasteiger partial charge >= 0.3 is 6.18 Å². The zero-order valence-electron chi connectivity index (χ0n) is 13.6. The molecule has 0 bridgehead atoms. The van der Waals surface area contributed by atoms with Gasteiger partial charge in [0.1, 0.15) is 0 Å². The van der Waals surface area contributed by atoms with Crippen LogP contribution in [0.5, 0.6) is 5.75 Å². The van der Waals surface area contributed by atoms with E-state index in [2.05, 4.69) is 10.3 Å². The molecule has 140 valence electrons. The number of hydrogen-bond acceptors (Lipinski definition) is 4. The van der Waals surface area contributed by atoms with Crippen LogP contribution in [-0.2, 0) is 11.0 Å². The SMILES string of the molecule is O=C(COc1ccccc1F)Nc1nc(-c2cccc(C(F)(F)F)c2)cs1. The summed E-state index contributed by atoms with van der Waals surface area (Å²) in [5.74, 6) is -1.22. The van der Waals surface area contributed by atoms with E-state index < -0.39 is 30.1 Å². The van der Waals surface area contributed by atoms with E-state index in [1.807, 2.05) is 0 Å². The van der Waals surface area contributed by atoms with Crippen LogP contribution in [0.3, 0.4) is 0 Å². The van der Waals surface area contributed by atoms with Gasteiger partial charge in [0.05, 0.1) is 11.3 Å².